The second-order valence-corrected chi connectivity index (χ2v) is 6.43. The van der Waals surface area contributed by atoms with Crippen molar-refractivity contribution in [3.8, 4) is 0 Å². The maximum atomic E-state index is 12.9. The first-order chi connectivity index (χ1) is 12.8. The van der Waals surface area contributed by atoms with E-state index in [1.807, 2.05) is 20.8 Å². The number of amides is 2. The van der Waals surface area contributed by atoms with Gasteiger partial charge < -0.3 is 10.2 Å². The minimum Gasteiger partial charge on any atom is -0.340 e. The predicted octanol–water partition coefficient (Wildman–Crippen LogP) is 2.39. The Labute approximate surface area is 159 Å². The lowest BCUT2D eigenvalue weighted by molar-refractivity contribution is -0.131. The van der Waals surface area contributed by atoms with E-state index in [1.54, 1.807) is 34.7 Å². The summed E-state index contributed by atoms with van der Waals surface area (Å²) < 4.78 is 1.78. The van der Waals surface area contributed by atoms with E-state index in [1.165, 1.54) is 0 Å². The molecule has 2 aromatic rings. The highest BCUT2D eigenvalue weighted by molar-refractivity contribution is 6.07. The molecule has 0 bridgehead atoms. The molecule has 1 N–H and O–H groups in total. The summed E-state index contributed by atoms with van der Waals surface area (Å²) in [5.74, 6) is -0.506. The monoisotopic (exact) mass is 369 g/mol. The summed E-state index contributed by atoms with van der Waals surface area (Å²) in [6, 6.07) is 1.05. The van der Waals surface area contributed by atoms with Crippen LogP contribution in [-0.2, 0) is 11.3 Å². The van der Waals surface area contributed by atoms with Gasteiger partial charge in [0.1, 0.15) is 6.04 Å². The molecule has 2 rings (SSSR count). The van der Waals surface area contributed by atoms with Gasteiger partial charge in [-0.1, -0.05) is 12.2 Å². The highest BCUT2D eigenvalue weighted by Crippen LogP contribution is 2.22. The molecule has 0 aliphatic carbocycles. The largest absolute Gasteiger partial charge is 0.340 e. The Balaban J connectivity index is 2.32. The number of carbonyl (C=O) groups excluding carboxylic acids is 2. The van der Waals surface area contributed by atoms with Gasteiger partial charge in [-0.2, -0.15) is 5.10 Å². The van der Waals surface area contributed by atoms with Crippen molar-refractivity contribution in [3.63, 3.8) is 0 Å². The fraction of sp³-hybridized carbons (Fsp3) is 0.400. The molecule has 0 aliphatic heterocycles. The van der Waals surface area contributed by atoms with E-state index in [9.17, 15) is 9.59 Å². The number of nitrogens with zero attached hydrogens (tertiary/aromatic N) is 4. The fourth-order valence-electron chi connectivity index (χ4n) is 3.05. The van der Waals surface area contributed by atoms with Crippen LogP contribution in [0.5, 0.6) is 0 Å². The van der Waals surface area contributed by atoms with Crippen LogP contribution in [-0.4, -0.2) is 50.6 Å². The van der Waals surface area contributed by atoms with Crippen molar-refractivity contribution in [2.45, 2.75) is 40.3 Å². The first kappa shape index (κ1) is 20.4. The third kappa shape index (κ3) is 4.24. The summed E-state index contributed by atoms with van der Waals surface area (Å²) in [6.07, 6.45) is 3.29. The first-order valence-electron chi connectivity index (χ1n) is 9.00. The minimum absolute atomic E-state index is 0.189. The highest BCUT2D eigenvalue weighted by atomic mass is 16.2. The topological polar surface area (TPSA) is 80.1 Å². The van der Waals surface area contributed by atoms with Crippen molar-refractivity contribution in [2.75, 3.05) is 13.1 Å². The van der Waals surface area contributed by atoms with Crippen molar-refractivity contribution in [1.29, 1.82) is 0 Å². The van der Waals surface area contributed by atoms with Crippen LogP contribution in [0, 0.1) is 13.8 Å². The molecule has 7 nitrogen and oxygen atoms in total. The smallest absolute Gasteiger partial charge is 0.252 e. The average Bonchev–Trinajstić information content (AvgIpc) is 2.95. The molecule has 0 aliphatic rings. The first-order valence-corrected chi connectivity index (χ1v) is 9.00. The predicted molar refractivity (Wildman–Crippen MR) is 107 cm³/mol. The van der Waals surface area contributed by atoms with E-state index in [2.05, 4.69) is 28.6 Å². The summed E-state index contributed by atoms with van der Waals surface area (Å²) in [6.45, 7) is 16.1. The van der Waals surface area contributed by atoms with E-state index in [0.717, 1.165) is 11.4 Å². The maximum absolute atomic E-state index is 12.9. The number of rotatable bonds is 8. The van der Waals surface area contributed by atoms with Crippen molar-refractivity contribution in [2.24, 2.45) is 0 Å². The van der Waals surface area contributed by atoms with Gasteiger partial charge in [-0.15, -0.1) is 13.2 Å². The van der Waals surface area contributed by atoms with E-state index in [4.69, 9.17) is 0 Å². The van der Waals surface area contributed by atoms with Gasteiger partial charge in [-0.3, -0.25) is 9.59 Å². The molecule has 2 heterocycles. The SMILES string of the molecule is C=CCN(CC=C)C(=O)C(C)NC(=O)c1cc(C)nc2c1c(C)nn2CC. The second kappa shape index (κ2) is 8.62. The zero-order valence-electron chi connectivity index (χ0n) is 16.5. The van der Waals surface area contributed by atoms with Crippen molar-refractivity contribution >= 4 is 22.8 Å². The fourth-order valence-corrected chi connectivity index (χ4v) is 3.05. The molecule has 144 valence electrons. The molecule has 0 saturated heterocycles. The molecule has 1 atom stereocenters. The van der Waals surface area contributed by atoms with Crippen molar-refractivity contribution in [1.82, 2.24) is 25.0 Å². The van der Waals surface area contributed by atoms with E-state index in [-0.39, 0.29) is 11.8 Å². The molecule has 0 saturated carbocycles. The van der Waals surface area contributed by atoms with E-state index in [0.29, 0.717) is 36.2 Å². The summed E-state index contributed by atoms with van der Waals surface area (Å²) in [4.78, 5) is 31.7. The Hall–Kier alpha value is -2.96. The molecule has 27 heavy (non-hydrogen) atoms. The molecular formula is C20H27N5O2. The number of hydrogen-bond acceptors (Lipinski definition) is 4. The lowest BCUT2D eigenvalue weighted by Crippen LogP contribution is -2.47. The Morgan fingerprint density at radius 3 is 2.48 bits per heavy atom. The summed E-state index contributed by atoms with van der Waals surface area (Å²) >= 11 is 0. The lowest BCUT2D eigenvalue weighted by atomic mass is 10.1. The van der Waals surface area contributed by atoms with Crippen molar-refractivity contribution < 1.29 is 9.59 Å². The van der Waals surface area contributed by atoms with Gasteiger partial charge in [0, 0.05) is 25.3 Å². The Bertz CT molecular complexity index is 874. The van der Waals surface area contributed by atoms with Crippen LogP contribution >= 0.6 is 0 Å². The molecule has 0 radical (unpaired) electrons. The van der Waals surface area contributed by atoms with Gasteiger partial charge >= 0.3 is 0 Å². The van der Waals surface area contributed by atoms with E-state index < -0.39 is 6.04 Å². The molecule has 7 heteroatoms. The summed E-state index contributed by atoms with van der Waals surface area (Å²) in [7, 11) is 0. The lowest BCUT2D eigenvalue weighted by Gasteiger charge is -2.24. The molecule has 0 spiro atoms. The quantitative estimate of drug-likeness (QED) is 0.725. The average molecular weight is 369 g/mol. The van der Waals surface area contributed by atoms with Crippen LogP contribution in [0.1, 0.15) is 35.6 Å². The number of aryl methyl sites for hydroxylation is 3. The van der Waals surface area contributed by atoms with Gasteiger partial charge in [-0.25, -0.2) is 9.67 Å². The number of hydrogen-bond donors (Lipinski definition) is 1. The summed E-state index contributed by atoms with van der Waals surface area (Å²) in [5, 5.41) is 7.98. The molecule has 1 unspecified atom stereocenters. The van der Waals surface area contributed by atoms with Crippen LogP contribution in [0.4, 0.5) is 0 Å². The van der Waals surface area contributed by atoms with E-state index >= 15 is 0 Å². The minimum atomic E-state index is -0.678. The van der Waals surface area contributed by atoms with Gasteiger partial charge in [0.15, 0.2) is 5.65 Å². The number of pyridine rings is 1. The third-order valence-corrected chi connectivity index (χ3v) is 4.28. The summed E-state index contributed by atoms with van der Waals surface area (Å²) in [5.41, 5.74) is 2.62. The van der Waals surface area contributed by atoms with Crippen LogP contribution < -0.4 is 5.32 Å². The molecule has 2 aromatic heterocycles. The van der Waals surface area contributed by atoms with Gasteiger partial charge in [0.05, 0.1) is 16.6 Å². The van der Waals surface area contributed by atoms with Gasteiger partial charge in [0.25, 0.3) is 5.91 Å². The van der Waals surface area contributed by atoms with Crippen molar-refractivity contribution in [3.05, 3.63) is 48.3 Å². The third-order valence-electron chi connectivity index (χ3n) is 4.28. The van der Waals surface area contributed by atoms with Crippen LogP contribution in [0.25, 0.3) is 11.0 Å². The van der Waals surface area contributed by atoms with Gasteiger partial charge in [0.2, 0.25) is 5.91 Å². The number of carbonyl (C=O) groups is 2. The van der Waals surface area contributed by atoms with Crippen LogP contribution in [0.3, 0.4) is 0 Å². The van der Waals surface area contributed by atoms with Crippen LogP contribution in [0.15, 0.2) is 31.4 Å². The van der Waals surface area contributed by atoms with Gasteiger partial charge in [-0.05, 0) is 33.8 Å². The molecule has 2 amide bonds. The normalized spacial score (nSPS) is 11.9. The standard InChI is InChI=1S/C20H27N5O2/c1-7-10-24(11-8-2)20(27)15(6)22-19(26)16-12-13(4)21-18-17(16)14(5)23-25(18)9-3/h7-8,12,15H,1-2,9-11H2,3-6H3,(H,22,26). The Kier molecular flexibility index (Phi) is 6.50. The number of nitrogens with one attached hydrogen (secondary N) is 1. The Morgan fingerprint density at radius 1 is 1.30 bits per heavy atom. The molecule has 0 fully saturated rings. The zero-order chi connectivity index (χ0) is 20.1. The number of fused-ring (bicyclic) bond motifs is 1. The highest BCUT2D eigenvalue weighted by Gasteiger charge is 2.24. The second-order valence-electron chi connectivity index (χ2n) is 6.43. The number of aromatic nitrogens is 3. The molecular weight excluding hydrogens is 342 g/mol. The van der Waals surface area contributed by atoms with Crippen LogP contribution in [0.2, 0.25) is 0 Å². The Morgan fingerprint density at radius 2 is 1.93 bits per heavy atom. The molecule has 0 aromatic carbocycles. The maximum Gasteiger partial charge on any atom is 0.252 e. The zero-order valence-corrected chi connectivity index (χ0v) is 16.5.